The normalized spacial score (nSPS) is 23.3. The van der Waals surface area contributed by atoms with Crippen LogP contribution < -0.4 is 5.32 Å². The summed E-state index contributed by atoms with van der Waals surface area (Å²) in [5, 5.41) is 12.5. The molecule has 21 heavy (non-hydrogen) atoms. The molecule has 1 amide bonds. The molecule has 2 aliphatic rings. The lowest BCUT2D eigenvalue weighted by Gasteiger charge is -2.20. The maximum atomic E-state index is 12.0. The number of aromatic nitrogens is 2. The van der Waals surface area contributed by atoms with Gasteiger partial charge in [-0.15, -0.1) is 10.2 Å². The Morgan fingerprint density at radius 2 is 2.05 bits per heavy atom. The molecule has 1 atom stereocenters. The fourth-order valence-corrected chi connectivity index (χ4v) is 4.02. The van der Waals surface area contributed by atoms with Crippen LogP contribution in [0.15, 0.2) is 0 Å². The molecule has 5 nitrogen and oxygen atoms in total. The van der Waals surface area contributed by atoms with Gasteiger partial charge in [0.05, 0.1) is 0 Å². The molecule has 1 saturated heterocycles. The van der Waals surface area contributed by atoms with Gasteiger partial charge >= 0.3 is 0 Å². The van der Waals surface area contributed by atoms with Gasteiger partial charge < -0.3 is 10.1 Å². The van der Waals surface area contributed by atoms with Gasteiger partial charge in [-0.3, -0.25) is 4.79 Å². The third-order valence-corrected chi connectivity index (χ3v) is 5.33. The summed E-state index contributed by atoms with van der Waals surface area (Å²) in [6, 6.07) is 0. The third-order valence-electron chi connectivity index (χ3n) is 4.40. The Bertz CT molecular complexity index is 465. The number of hydrogen-bond donors (Lipinski definition) is 1. The van der Waals surface area contributed by atoms with Crippen molar-refractivity contribution in [2.45, 2.75) is 63.9 Å². The summed E-state index contributed by atoms with van der Waals surface area (Å²) < 4.78 is 5.58. The number of rotatable bonds is 5. The maximum Gasteiger partial charge on any atom is 0.226 e. The molecule has 1 saturated carbocycles. The molecular weight excluding hydrogens is 286 g/mol. The number of carbonyl (C=O) groups excluding carboxylic acids is 1. The first kappa shape index (κ1) is 14.9. The van der Waals surface area contributed by atoms with Crippen LogP contribution in [0.2, 0.25) is 0 Å². The molecule has 2 heterocycles. The van der Waals surface area contributed by atoms with E-state index in [9.17, 15) is 4.79 Å². The molecule has 1 unspecified atom stereocenters. The summed E-state index contributed by atoms with van der Waals surface area (Å²) in [5.74, 6) is 0.803. The minimum absolute atomic E-state index is 0.0654. The average Bonchev–Trinajstić information content (AvgIpc) is 3.17. The van der Waals surface area contributed by atoms with E-state index in [1.165, 1.54) is 43.4 Å². The average molecular weight is 309 g/mol. The Morgan fingerprint density at radius 3 is 2.81 bits per heavy atom. The summed E-state index contributed by atoms with van der Waals surface area (Å²) in [6.45, 7) is 0.799. The van der Waals surface area contributed by atoms with Crippen LogP contribution in [0.25, 0.3) is 0 Å². The second-order valence-corrected chi connectivity index (χ2v) is 7.05. The molecule has 116 valence electrons. The molecule has 1 N–H and O–H groups in total. The number of nitrogens with zero attached hydrogens (tertiary/aromatic N) is 2. The smallest absolute Gasteiger partial charge is 0.226 e. The molecule has 0 aromatic carbocycles. The monoisotopic (exact) mass is 309 g/mol. The highest BCUT2D eigenvalue weighted by Gasteiger charge is 2.22. The molecule has 1 aliphatic heterocycles. The van der Waals surface area contributed by atoms with Gasteiger partial charge in [0.25, 0.3) is 0 Å². The van der Waals surface area contributed by atoms with Crippen molar-refractivity contribution >= 4 is 22.4 Å². The van der Waals surface area contributed by atoms with Crippen LogP contribution in [-0.4, -0.2) is 22.7 Å². The first-order valence-corrected chi connectivity index (χ1v) is 8.88. The van der Waals surface area contributed by atoms with E-state index in [-0.39, 0.29) is 12.0 Å². The summed E-state index contributed by atoms with van der Waals surface area (Å²) in [5.41, 5.74) is 0. The lowest BCUT2D eigenvalue weighted by atomic mass is 9.86. The van der Waals surface area contributed by atoms with Crippen molar-refractivity contribution in [1.82, 2.24) is 10.2 Å². The zero-order chi connectivity index (χ0) is 14.5. The zero-order valence-electron chi connectivity index (χ0n) is 12.3. The van der Waals surface area contributed by atoms with E-state index < -0.39 is 0 Å². The summed E-state index contributed by atoms with van der Waals surface area (Å²) in [6.07, 6.45) is 10.3. The van der Waals surface area contributed by atoms with Gasteiger partial charge in [-0.05, 0) is 25.2 Å². The van der Waals surface area contributed by atoms with Crippen molar-refractivity contribution in [2.24, 2.45) is 5.92 Å². The Labute approximate surface area is 129 Å². The highest BCUT2D eigenvalue weighted by molar-refractivity contribution is 7.15. The Hall–Kier alpha value is -1.01. The molecule has 0 spiro atoms. The number of anilines is 1. The number of carbonyl (C=O) groups is 1. The van der Waals surface area contributed by atoms with Gasteiger partial charge in [0, 0.05) is 13.0 Å². The van der Waals surface area contributed by atoms with E-state index in [1.54, 1.807) is 0 Å². The van der Waals surface area contributed by atoms with Crippen LogP contribution in [0.4, 0.5) is 5.13 Å². The molecule has 3 rings (SSSR count). The molecule has 2 fully saturated rings. The van der Waals surface area contributed by atoms with E-state index in [4.69, 9.17) is 4.74 Å². The highest BCUT2D eigenvalue weighted by atomic mass is 32.1. The predicted molar refractivity (Wildman–Crippen MR) is 82.3 cm³/mol. The highest BCUT2D eigenvalue weighted by Crippen LogP contribution is 2.32. The number of ether oxygens (including phenoxy) is 1. The topological polar surface area (TPSA) is 64.1 Å². The second kappa shape index (κ2) is 7.31. The Morgan fingerprint density at radius 1 is 1.19 bits per heavy atom. The van der Waals surface area contributed by atoms with Crippen molar-refractivity contribution in [3.8, 4) is 0 Å². The van der Waals surface area contributed by atoms with E-state index in [1.807, 2.05) is 0 Å². The summed E-state index contributed by atoms with van der Waals surface area (Å²) in [7, 11) is 0. The van der Waals surface area contributed by atoms with Crippen molar-refractivity contribution < 1.29 is 9.53 Å². The third kappa shape index (κ3) is 4.23. The fraction of sp³-hybridized carbons (Fsp3) is 0.800. The molecular formula is C15H23N3O2S. The zero-order valence-corrected chi connectivity index (χ0v) is 13.2. The lowest BCUT2D eigenvalue weighted by Crippen LogP contribution is -2.14. The van der Waals surface area contributed by atoms with Crippen LogP contribution in [0.1, 0.15) is 68.9 Å². The van der Waals surface area contributed by atoms with Gasteiger partial charge in [-0.1, -0.05) is 43.4 Å². The minimum atomic E-state index is 0.0654. The van der Waals surface area contributed by atoms with E-state index in [0.717, 1.165) is 36.8 Å². The van der Waals surface area contributed by atoms with Gasteiger partial charge in [0.1, 0.15) is 11.1 Å². The molecule has 0 radical (unpaired) electrons. The first-order valence-electron chi connectivity index (χ1n) is 8.06. The SMILES string of the molecule is O=C(CCC1CCCCC1)Nc1nnc(C2CCCO2)s1. The van der Waals surface area contributed by atoms with Gasteiger partial charge in [0.2, 0.25) is 11.0 Å². The van der Waals surface area contributed by atoms with Crippen molar-refractivity contribution in [3.63, 3.8) is 0 Å². The number of amides is 1. The molecule has 1 aromatic heterocycles. The van der Waals surface area contributed by atoms with Crippen molar-refractivity contribution in [1.29, 1.82) is 0 Å². The summed E-state index contributed by atoms with van der Waals surface area (Å²) in [4.78, 5) is 12.0. The largest absolute Gasteiger partial charge is 0.371 e. The van der Waals surface area contributed by atoms with Crippen LogP contribution in [0.3, 0.4) is 0 Å². The van der Waals surface area contributed by atoms with E-state index >= 15 is 0 Å². The predicted octanol–water partition coefficient (Wildman–Crippen LogP) is 3.69. The standard InChI is InChI=1S/C15H23N3O2S/c19-13(9-8-11-5-2-1-3-6-11)16-15-18-17-14(21-15)12-7-4-10-20-12/h11-12H,1-10H2,(H,16,18,19). The van der Waals surface area contributed by atoms with Gasteiger partial charge in [-0.2, -0.15) is 0 Å². The van der Waals surface area contributed by atoms with Gasteiger partial charge in [-0.25, -0.2) is 0 Å². The minimum Gasteiger partial charge on any atom is -0.371 e. The second-order valence-electron chi connectivity index (χ2n) is 6.04. The first-order chi connectivity index (χ1) is 10.3. The molecule has 1 aromatic rings. The Balaban J connectivity index is 1.43. The van der Waals surface area contributed by atoms with E-state index in [2.05, 4.69) is 15.5 Å². The quantitative estimate of drug-likeness (QED) is 0.901. The molecule has 6 heteroatoms. The van der Waals surface area contributed by atoms with E-state index in [0.29, 0.717) is 11.6 Å². The van der Waals surface area contributed by atoms with Crippen LogP contribution in [0, 0.1) is 5.92 Å². The van der Waals surface area contributed by atoms with Crippen LogP contribution >= 0.6 is 11.3 Å². The Kier molecular flexibility index (Phi) is 5.19. The van der Waals surface area contributed by atoms with Gasteiger partial charge in [0.15, 0.2) is 0 Å². The maximum absolute atomic E-state index is 12.0. The lowest BCUT2D eigenvalue weighted by molar-refractivity contribution is -0.116. The molecule has 1 aliphatic carbocycles. The van der Waals surface area contributed by atoms with Crippen LogP contribution in [0.5, 0.6) is 0 Å². The number of nitrogens with one attached hydrogen (secondary N) is 1. The van der Waals surface area contributed by atoms with Crippen LogP contribution in [-0.2, 0) is 9.53 Å². The summed E-state index contributed by atoms with van der Waals surface area (Å²) >= 11 is 1.44. The molecule has 0 bridgehead atoms. The van der Waals surface area contributed by atoms with Crippen molar-refractivity contribution in [2.75, 3.05) is 11.9 Å². The number of hydrogen-bond acceptors (Lipinski definition) is 5. The fourth-order valence-electron chi connectivity index (χ4n) is 3.18. The van der Waals surface area contributed by atoms with Crippen molar-refractivity contribution in [3.05, 3.63) is 5.01 Å².